The summed E-state index contributed by atoms with van der Waals surface area (Å²) in [5.74, 6) is -0.820. The lowest BCUT2D eigenvalue weighted by Crippen LogP contribution is -2.56. The van der Waals surface area contributed by atoms with E-state index in [2.05, 4.69) is 21.2 Å². The molecule has 0 radical (unpaired) electrons. The number of hydrogen-bond acceptors (Lipinski definition) is 4. The van der Waals surface area contributed by atoms with Crippen molar-refractivity contribution in [1.29, 1.82) is 0 Å². The third kappa shape index (κ3) is 9.28. The van der Waals surface area contributed by atoms with E-state index in [1.165, 1.54) is 4.90 Å². The number of anilines is 1. The maximum atomic E-state index is 14.6. The van der Waals surface area contributed by atoms with Crippen LogP contribution >= 0.6 is 15.9 Å². The van der Waals surface area contributed by atoms with Crippen LogP contribution in [0.4, 0.5) is 5.69 Å². The van der Waals surface area contributed by atoms with Crippen molar-refractivity contribution in [2.45, 2.75) is 64.1 Å². The SMILES string of the molecule is Cc1ccc(S(=O)(=O)N(CC(=O)N(Cc2cccc(C)c2)C(Cc2ccccc2)C(=O)NC(C)(C)C)c2cccc(Br)c2)cc1. The first-order chi connectivity index (χ1) is 21.2. The molecule has 0 aliphatic carbocycles. The van der Waals surface area contributed by atoms with Crippen molar-refractivity contribution in [2.24, 2.45) is 0 Å². The minimum atomic E-state index is -4.16. The van der Waals surface area contributed by atoms with Crippen LogP contribution in [0, 0.1) is 13.8 Å². The van der Waals surface area contributed by atoms with Gasteiger partial charge in [0.2, 0.25) is 11.8 Å². The maximum absolute atomic E-state index is 14.6. The molecule has 45 heavy (non-hydrogen) atoms. The molecular weight excluding hydrogens is 650 g/mol. The lowest BCUT2D eigenvalue weighted by molar-refractivity contribution is -0.140. The molecule has 236 valence electrons. The van der Waals surface area contributed by atoms with Crippen LogP contribution in [-0.2, 0) is 32.6 Å². The first kappa shape index (κ1) is 33.9. The molecule has 1 unspecified atom stereocenters. The minimum absolute atomic E-state index is 0.0671. The van der Waals surface area contributed by atoms with E-state index in [9.17, 15) is 18.0 Å². The van der Waals surface area contributed by atoms with Gasteiger partial charge in [-0.1, -0.05) is 99.9 Å². The van der Waals surface area contributed by atoms with E-state index in [4.69, 9.17) is 0 Å². The molecule has 0 spiro atoms. The van der Waals surface area contributed by atoms with Crippen molar-refractivity contribution in [1.82, 2.24) is 10.2 Å². The van der Waals surface area contributed by atoms with Gasteiger partial charge in [-0.25, -0.2) is 8.42 Å². The number of amides is 2. The van der Waals surface area contributed by atoms with Crippen LogP contribution in [0.15, 0.2) is 112 Å². The van der Waals surface area contributed by atoms with Crippen molar-refractivity contribution >= 4 is 43.5 Å². The van der Waals surface area contributed by atoms with Crippen LogP contribution in [0.5, 0.6) is 0 Å². The summed E-state index contributed by atoms with van der Waals surface area (Å²) in [4.78, 5) is 30.1. The number of halogens is 1. The highest BCUT2D eigenvalue weighted by atomic mass is 79.9. The maximum Gasteiger partial charge on any atom is 0.264 e. The predicted octanol–water partition coefficient (Wildman–Crippen LogP) is 6.82. The highest BCUT2D eigenvalue weighted by Gasteiger charge is 2.35. The molecule has 1 atom stereocenters. The van der Waals surface area contributed by atoms with Crippen LogP contribution in [0.3, 0.4) is 0 Å². The fraction of sp³-hybridized carbons (Fsp3) is 0.278. The third-order valence-electron chi connectivity index (χ3n) is 7.19. The number of rotatable bonds is 11. The fourth-order valence-electron chi connectivity index (χ4n) is 5.01. The number of aryl methyl sites for hydroxylation is 2. The number of hydrogen-bond donors (Lipinski definition) is 1. The Morgan fingerprint density at radius 1 is 0.800 bits per heavy atom. The second-order valence-electron chi connectivity index (χ2n) is 12.3. The summed E-state index contributed by atoms with van der Waals surface area (Å²) < 4.78 is 30.1. The number of carbonyl (C=O) groups is 2. The van der Waals surface area contributed by atoms with Crippen LogP contribution in [0.25, 0.3) is 0 Å². The molecule has 2 amide bonds. The Balaban J connectivity index is 1.82. The average Bonchev–Trinajstić information content (AvgIpc) is 2.97. The lowest BCUT2D eigenvalue weighted by Gasteiger charge is -2.35. The van der Waals surface area contributed by atoms with Crippen molar-refractivity contribution in [3.05, 3.63) is 130 Å². The molecule has 0 aliphatic heterocycles. The second-order valence-corrected chi connectivity index (χ2v) is 15.0. The summed E-state index contributed by atoms with van der Waals surface area (Å²) in [6.45, 7) is 9.12. The van der Waals surface area contributed by atoms with Crippen molar-refractivity contribution in [3.8, 4) is 0 Å². The molecule has 0 heterocycles. The smallest absolute Gasteiger partial charge is 0.264 e. The van der Waals surface area contributed by atoms with Gasteiger partial charge in [0.1, 0.15) is 12.6 Å². The van der Waals surface area contributed by atoms with Crippen LogP contribution < -0.4 is 9.62 Å². The molecule has 7 nitrogen and oxygen atoms in total. The van der Waals surface area contributed by atoms with Gasteiger partial charge < -0.3 is 10.2 Å². The summed E-state index contributed by atoms with van der Waals surface area (Å²) in [5.41, 5.74) is 3.41. The van der Waals surface area contributed by atoms with Gasteiger partial charge in [0, 0.05) is 23.0 Å². The van der Waals surface area contributed by atoms with Gasteiger partial charge in [-0.05, 0) is 76.1 Å². The molecule has 4 aromatic carbocycles. The van der Waals surface area contributed by atoms with E-state index in [-0.39, 0.29) is 23.8 Å². The van der Waals surface area contributed by atoms with Gasteiger partial charge in [0.05, 0.1) is 10.6 Å². The Labute approximate surface area is 275 Å². The predicted molar refractivity (Wildman–Crippen MR) is 183 cm³/mol. The topological polar surface area (TPSA) is 86.8 Å². The van der Waals surface area contributed by atoms with Gasteiger partial charge in [-0.3, -0.25) is 13.9 Å². The molecular formula is C36H40BrN3O4S. The normalized spacial score (nSPS) is 12.3. The van der Waals surface area contributed by atoms with E-state index in [1.54, 1.807) is 48.5 Å². The zero-order chi connectivity index (χ0) is 32.8. The standard InChI is InChI=1S/C36H40BrN3O4S/c1-26-17-19-32(20-18-26)45(43,44)40(31-16-10-15-30(37)23-31)25-34(41)39(24-29-14-9-11-27(2)21-29)33(35(42)38-36(3,4)5)22-28-12-7-6-8-13-28/h6-21,23,33H,22,24-25H2,1-5H3,(H,38,42). The minimum Gasteiger partial charge on any atom is -0.350 e. The van der Waals surface area contributed by atoms with E-state index >= 15 is 0 Å². The van der Waals surface area contributed by atoms with Crippen molar-refractivity contribution < 1.29 is 18.0 Å². The van der Waals surface area contributed by atoms with Gasteiger partial charge in [-0.2, -0.15) is 0 Å². The Hall–Kier alpha value is -3.95. The first-order valence-corrected chi connectivity index (χ1v) is 17.0. The highest BCUT2D eigenvalue weighted by Crippen LogP contribution is 2.28. The molecule has 0 saturated heterocycles. The van der Waals surface area contributed by atoms with E-state index in [0.29, 0.717) is 10.2 Å². The van der Waals surface area contributed by atoms with Crippen LogP contribution in [0.1, 0.15) is 43.0 Å². The summed E-state index contributed by atoms with van der Waals surface area (Å²) in [6.07, 6.45) is 0.252. The van der Waals surface area contributed by atoms with Gasteiger partial charge >= 0.3 is 0 Å². The van der Waals surface area contributed by atoms with E-state index in [0.717, 1.165) is 26.6 Å². The molecule has 4 rings (SSSR count). The zero-order valence-electron chi connectivity index (χ0n) is 26.3. The third-order valence-corrected chi connectivity index (χ3v) is 9.47. The molecule has 9 heteroatoms. The Kier molecular flexibility index (Phi) is 10.9. The number of benzene rings is 4. The fourth-order valence-corrected chi connectivity index (χ4v) is 6.80. The highest BCUT2D eigenvalue weighted by molar-refractivity contribution is 9.10. The zero-order valence-corrected chi connectivity index (χ0v) is 28.7. The van der Waals surface area contributed by atoms with E-state index < -0.39 is 34.1 Å². The Morgan fingerprint density at radius 2 is 1.44 bits per heavy atom. The number of carbonyl (C=O) groups excluding carboxylic acids is 2. The van der Waals surface area contributed by atoms with E-state index in [1.807, 2.05) is 89.2 Å². The van der Waals surface area contributed by atoms with Gasteiger partial charge in [0.15, 0.2) is 0 Å². The van der Waals surface area contributed by atoms with Crippen LogP contribution in [-0.4, -0.2) is 43.3 Å². The molecule has 0 fully saturated rings. The number of nitrogens with one attached hydrogen (secondary N) is 1. The Bertz CT molecular complexity index is 1740. The van der Waals surface area contributed by atoms with Gasteiger partial charge in [-0.15, -0.1) is 0 Å². The molecule has 0 aliphatic rings. The average molecular weight is 691 g/mol. The molecule has 0 aromatic heterocycles. The number of nitrogens with zero attached hydrogens (tertiary/aromatic N) is 2. The largest absolute Gasteiger partial charge is 0.350 e. The monoisotopic (exact) mass is 689 g/mol. The van der Waals surface area contributed by atoms with Crippen LogP contribution in [0.2, 0.25) is 0 Å². The lowest BCUT2D eigenvalue weighted by atomic mass is 10.0. The molecule has 0 bridgehead atoms. The second kappa shape index (κ2) is 14.4. The van der Waals surface area contributed by atoms with Gasteiger partial charge in [0.25, 0.3) is 10.0 Å². The Morgan fingerprint density at radius 3 is 2.07 bits per heavy atom. The quantitative estimate of drug-likeness (QED) is 0.187. The van der Waals surface area contributed by atoms with Crippen molar-refractivity contribution in [2.75, 3.05) is 10.8 Å². The summed E-state index contributed by atoms with van der Waals surface area (Å²) in [6, 6.07) is 29.7. The first-order valence-electron chi connectivity index (χ1n) is 14.8. The molecule has 4 aromatic rings. The van der Waals surface area contributed by atoms with Crippen molar-refractivity contribution in [3.63, 3.8) is 0 Å². The summed E-state index contributed by atoms with van der Waals surface area (Å²) >= 11 is 3.45. The summed E-state index contributed by atoms with van der Waals surface area (Å²) in [5, 5.41) is 3.05. The molecule has 1 N–H and O–H groups in total. The summed E-state index contributed by atoms with van der Waals surface area (Å²) in [7, 11) is -4.16. The molecule has 0 saturated carbocycles. The number of sulfonamides is 1.